The molecule has 2 aromatic heterocycles. The van der Waals surface area contributed by atoms with Crippen LogP contribution in [0.2, 0.25) is 0 Å². The van der Waals surface area contributed by atoms with E-state index in [9.17, 15) is 9.90 Å². The number of carbonyl (C=O) groups is 1. The number of carboxylic acids is 1. The molecule has 29 heavy (non-hydrogen) atoms. The summed E-state index contributed by atoms with van der Waals surface area (Å²) in [7, 11) is 0. The monoisotopic (exact) mass is 403 g/mol. The third-order valence-corrected chi connectivity index (χ3v) is 5.73. The maximum Gasteiger partial charge on any atom is 0.342 e. The average molecular weight is 404 g/mol. The molecule has 146 valence electrons. The number of nitrogens with zero attached hydrogens (tertiary/aromatic N) is 2. The Morgan fingerprint density at radius 2 is 1.83 bits per heavy atom. The van der Waals surface area contributed by atoms with Gasteiger partial charge in [-0.3, -0.25) is 0 Å². The minimum atomic E-state index is -0.976. The van der Waals surface area contributed by atoms with Crippen LogP contribution in [0.3, 0.4) is 0 Å². The van der Waals surface area contributed by atoms with Gasteiger partial charge in [-0.15, -0.1) is 0 Å². The number of aliphatic carboxylic acids is 1. The maximum absolute atomic E-state index is 11.9. The van der Waals surface area contributed by atoms with Gasteiger partial charge in [-0.25, -0.2) is 9.78 Å². The second kappa shape index (κ2) is 7.64. The van der Waals surface area contributed by atoms with Gasteiger partial charge in [-0.1, -0.05) is 29.8 Å². The highest BCUT2D eigenvalue weighted by Gasteiger charge is 2.16. The van der Waals surface area contributed by atoms with Gasteiger partial charge in [0.05, 0.1) is 11.0 Å². The number of aromatic amines is 1. The highest BCUT2D eigenvalue weighted by atomic mass is 32.2. The molecule has 4 rings (SSSR count). The van der Waals surface area contributed by atoms with E-state index in [0.29, 0.717) is 5.16 Å². The molecule has 2 heterocycles. The van der Waals surface area contributed by atoms with Gasteiger partial charge in [0.15, 0.2) is 5.16 Å². The topological polar surface area (TPSA) is 70.9 Å². The predicted molar refractivity (Wildman–Crippen MR) is 118 cm³/mol. The number of thioether (sulfide) groups is 1. The highest BCUT2D eigenvalue weighted by Crippen LogP contribution is 2.30. The standard InChI is InChI=1S/C23H21N3O2S/c1-14-8-10-18(11-9-14)26-15(2)12-17(16(26)3)13-21(22(27)28)29-23-24-19-6-4-5-7-20(19)25-23/h4-13H,1-3H3,(H,24,25)(H,27,28)/b21-13-. The molecule has 0 bridgehead atoms. The van der Waals surface area contributed by atoms with Crippen LogP contribution in [-0.2, 0) is 4.79 Å². The second-order valence-electron chi connectivity index (χ2n) is 6.97. The summed E-state index contributed by atoms with van der Waals surface area (Å²) in [5.74, 6) is -0.976. The lowest BCUT2D eigenvalue weighted by Gasteiger charge is -2.10. The zero-order chi connectivity index (χ0) is 20.5. The smallest absolute Gasteiger partial charge is 0.342 e. The predicted octanol–water partition coefficient (Wildman–Crippen LogP) is 5.50. The van der Waals surface area contributed by atoms with Gasteiger partial charge >= 0.3 is 5.97 Å². The van der Waals surface area contributed by atoms with E-state index < -0.39 is 5.97 Å². The summed E-state index contributed by atoms with van der Waals surface area (Å²) in [6, 6.07) is 18.0. The quantitative estimate of drug-likeness (QED) is 0.341. The lowest BCUT2D eigenvalue weighted by molar-refractivity contribution is -0.131. The maximum atomic E-state index is 11.9. The molecule has 0 saturated heterocycles. The van der Waals surface area contributed by atoms with E-state index in [1.807, 2.05) is 44.2 Å². The van der Waals surface area contributed by atoms with Crippen molar-refractivity contribution in [2.45, 2.75) is 25.9 Å². The number of aromatic nitrogens is 3. The Balaban J connectivity index is 1.71. The van der Waals surface area contributed by atoms with Crippen LogP contribution in [0.15, 0.2) is 64.7 Å². The number of imidazole rings is 1. The molecule has 0 spiro atoms. The third-order valence-electron chi connectivity index (χ3n) is 4.83. The lowest BCUT2D eigenvalue weighted by Crippen LogP contribution is -2.00. The molecular formula is C23H21N3O2S. The van der Waals surface area contributed by atoms with Crippen molar-refractivity contribution in [2.24, 2.45) is 0 Å². The van der Waals surface area contributed by atoms with Crippen LogP contribution in [0.25, 0.3) is 22.8 Å². The number of H-pyrrole nitrogens is 1. The van der Waals surface area contributed by atoms with Crippen molar-refractivity contribution >= 4 is 34.8 Å². The SMILES string of the molecule is Cc1ccc(-n2c(C)cc(/C=C(\Sc3nc4ccccc4[nH]3)C(=O)O)c2C)cc1. The fourth-order valence-electron chi connectivity index (χ4n) is 3.38. The van der Waals surface area contributed by atoms with E-state index in [0.717, 1.165) is 45.4 Å². The Labute approximate surface area is 173 Å². The van der Waals surface area contributed by atoms with E-state index in [1.54, 1.807) is 6.08 Å². The number of nitrogens with one attached hydrogen (secondary N) is 1. The van der Waals surface area contributed by atoms with E-state index in [4.69, 9.17) is 0 Å². The average Bonchev–Trinajstić information content (AvgIpc) is 3.22. The van der Waals surface area contributed by atoms with Gasteiger partial charge in [0.1, 0.15) is 4.91 Å². The molecule has 6 heteroatoms. The van der Waals surface area contributed by atoms with Gasteiger partial charge in [0.25, 0.3) is 0 Å². The third kappa shape index (κ3) is 3.84. The number of hydrogen-bond acceptors (Lipinski definition) is 3. The van der Waals surface area contributed by atoms with Crippen LogP contribution < -0.4 is 0 Å². The molecular weight excluding hydrogens is 382 g/mol. The molecule has 0 radical (unpaired) electrons. The molecule has 0 atom stereocenters. The van der Waals surface area contributed by atoms with E-state index >= 15 is 0 Å². The molecule has 0 aliphatic heterocycles. The minimum absolute atomic E-state index is 0.216. The Kier molecular flexibility index (Phi) is 5.03. The number of carboxylic acid groups (broad SMARTS) is 1. The van der Waals surface area contributed by atoms with Crippen LogP contribution >= 0.6 is 11.8 Å². The summed E-state index contributed by atoms with van der Waals surface area (Å²) in [5.41, 5.74) is 6.89. The number of para-hydroxylation sites is 2. The second-order valence-corrected chi connectivity index (χ2v) is 8.00. The lowest BCUT2D eigenvalue weighted by atomic mass is 10.2. The molecule has 0 unspecified atom stereocenters. The largest absolute Gasteiger partial charge is 0.477 e. The number of hydrogen-bond donors (Lipinski definition) is 2. The minimum Gasteiger partial charge on any atom is -0.477 e. The van der Waals surface area contributed by atoms with Crippen molar-refractivity contribution in [3.63, 3.8) is 0 Å². The summed E-state index contributed by atoms with van der Waals surface area (Å²) in [6.45, 7) is 6.09. The molecule has 2 aromatic carbocycles. The van der Waals surface area contributed by atoms with E-state index in [-0.39, 0.29) is 4.91 Å². The molecule has 0 fully saturated rings. The van der Waals surface area contributed by atoms with Crippen molar-refractivity contribution in [1.82, 2.24) is 14.5 Å². The fourth-order valence-corrected chi connectivity index (χ4v) is 4.17. The Hall–Kier alpha value is -3.25. The van der Waals surface area contributed by atoms with Crippen molar-refractivity contribution in [2.75, 3.05) is 0 Å². The van der Waals surface area contributed by atoms with E-state index in [1.165, 1.54) is 5.56 Å². The summed E-state index contributed by atoms with van der Waals surface area (Å²) in [5, 5.41) is 10.3. The first-order chi connectivity index (χ1) is 13.9. The van der Waals surface area contributed by atoms with Gasteiger partial charge in [-0.2, -0.15) is 0 Å². The van der Waals surface area contributed by atoms with Crippen LogP contribution in [0.4, 0.5) is 0 Å². The molecule has 0 aliphatic carbocycles. The van der Waals surface area contributed by atoms with Crippen molar-refractivity contribution < 1.29 is 9.90 Å². The Bertz CT molecular complexity index is 1200. The number of aryl methyl sites for hydroxylation is 2. The van der Waals surface area contributed by atoms with Crippen molar-refractivity contribution in [3.8, 4) is 5.69 Å². The van der Waals surface area contributed by atoms with Crippen LogP contribution in [0.5, 0.6) is 0 Å². The number of rotatable bonds is 5. The van der Waals surface area contributed by atoms with Gasteiger partial charge < -0.3 is 14.7 Å². The number of benzene rings is 2. The van der Waals surface area contributed by atoms with Crippen molar-refractivity contribution in [1.29, 1.82) is 0 Å². The molecule has 2 N–H and O–H groups in total. The normalized spacial score (nSPS) is 11.9. The molecule has 0 saturated carbocycles. The van der Waals surface area contributed by atoms with E-state index in [2.05, 4.69) is 45.7 Å². The fraction of sp³-hybridized carbons (Fsp3) is 0.130. The molecule has 4 aromatic rings. The zero-order valence-electron chi connectivity index (χ0n) is 16.4. The molecule has 5 nitrogen and oxygen atoms in total. The van der Waals surface area contributed by atoms with Gasteiger partial charge in [0, 0.05) is 17.1 Å². The first kappa shape index (κ1) is 19.1. The van der Waals surface area contributed by atoms with Crippen LogP contribution in [0, 0.1) is 20.8 Å². The molecule has 0 amide bonds. The van der Waals surface area contributed by atoms with Gasteiger partial charge in [-0.05, 0) is 74.5 Å². The van der Waals surface area contributed by atoms with Crippen LogP contribution in [0.1, 0.15) is 22.5 Å². The van der Waals surface area contributed by atoms with Crippen LogP contribution in [-0.4, -0.2) is 25.6 Å². The highest BCUT2D eigenvalue weighted by molar-refractivity contribution is 8.04. The first-order valence-corrected chi connectivity index (χ1v) is 10.1. The van der Waals surface area contributed by atoms with Crippen molar-refractivity contribution in [3.05, 3.63) is 82.0 Å². The Morgan fingerprint density at radius 1 is 1.10 bits per heavy atom. The zero-order valence-corrected chi connectivity index (χ0v) is 17.2. The summed E-state index contributed by atoms with van der Waals surface area (Å²) >= 11 is 1.12. The van der Waals surface area contributed by atoms with Gasteiger partial charge in [0.2, 0.25) is 0 Å². The summed E-state index contributed by atoms with van der Waals surface area (Å²) in [6.07, 6.45) is 1.72. The Morgan fingerprint density at radius 3 is 2.52 bits per heavy atom. The molecule has 0 aliphatic rings. The summed E-state index contributed by atoms with van der Waals surface area (Å²) < 4.78 is 2.14. The first-order valence-electron chi connectivity index (χ1n) is 9.26. The number of fused-ring (bicyclic) bond motifs is 1. The summed E-state index contributed by atoms with van der Waals surface area (Å²) in [4.78, 5) is 19.8.